The van der Waals surface area contributed by atoms with Crippen molar-refractivity contribution in [1.82, 2.24) is 14.9 Å². The van der Waals surface area contributed by atoms with Crippen molar-refractivity contribution in [2.24, 2.45) is 0 Å². The first-order valence-corrected chi connectivity index (χ1v) is 5.31. The molecule has 0 saturated carbocycles. The van der Waals surface area contributed by atoms with E-state index in [0.717, 1.165) is 5.56 Å². The average Bonchev–Trinajstić information content (AvgIpc) is 2.70. The molecule has 2 rings (SSSR count). The summed E-state index contributed by atoms with van der Waals surface area (Å²) >= 11 is 0. The minimum absolute atomic E-state index is 0.186. The van der Waals surface area contributed by atoms with Gasteiger partial charge >= 0.3 is 0 Å². The van der Waals surface area contributed by atoms with Crippen LogP contribution in [0.25, 0.3) is 0 Å². The summed E-state index contributed by atoms with van der Waals surface area (Å²) in [6, 6.07) is 5.60. The van der Waals surface area contributed by atoms with Crippen LogP contribution < -0.4 is 21.1 Å². The fraction of sp³-hybridized carbons (Fsp3) is 0.273. The van der Waals surface area contributed by atoms with Crippen molar-refractivity contribution in [3.05, 3.63) is 29.6 Å². The monoisotopic (exact) mass is 249 g/mol. The summed E-state index contributed by atoms with van der Waals surface area (Å²) in [4.78, 5) is 0. The Morgan fingerprint density at radius 1 is 1.17 bits per heavy atom. The van der Waals surface area contributed by atoms with Gasteiger partial charge in [0.25, 0.3) is 0 Å². The van der Waals surface area contributed by atoms with Gasteiger partial charge in [0.15, 0.2) is 17.3 Å². The summed E-state index contributed by atoms with van der Waals surface area (Å²) in [5, 5.41) is 7.60. The van der Waals surface area contributed by atoms with E-state index in [1.165, 1.54) is 4.68 Å². The fourth-order valence-electron chi connectivity index (χ4n) is 1.63. The second-order valence-electron chi connectivity index (χ2n) is 3.71. The molecule has 2 aromatic rings. The van der Waals surface area contributed by atoms with Crippen LogP contribution in [0, 0.1) is 0 Å². The molecule has 7 heteroatoms. The van der Waals surface area contributed by atoms with Crippen LogP contribution in [-0.2, 0) is 6.42 Å². The number of hydrogen-bond acceptors (Lipinski definition) is 6. The topological polar surface area (TPSA) is 101 Å². The van der Waals surface area contributed by atoms with Gasteiger partial charge in [0, 0.05) is 6.42 Å². The molecule has 7 nitrogen and oxygen atoms in total. The minimum Gasteiger partial charge on any atom is -0.493 e. The highest BCUT2D eigenvalue weighted by atomic mass is 16.5. The molecule has 0 fully saturated rings. The zero-order chi connectivity index (χ0) is 13.1. The van der Waals surface area contributed by atoms with Crippen LogP contribution in [0.2, 0.25) is 0 Å². The van der Waals surface area contributed by atoms with Gasteiger partial charge in [0.1, 0.15) is 0 Å². The lowest BCUT2D eigenvalue weighted by Gasteiger charge is -2.09. The number of aromatic nitrogens is 3. The first-order valence-electron chi connectivity index (χ1n) is 5.31. The third-order valence-electron chi connectivity index (χ3n) is 2.60. The van der Waals surface area contributed by atoms with Crippen molar-refractivity contribution in [3.8, 4) is 11.5 Å². The zero-order valence-corrected chi connectivity index (χ0v) is 10.3. The van der Waals surface area contributed by atoms with Gasteiger partial charge in [-0.3, -0.25) is 0 Å². The third-order valence-corrected chi connectivity index (χ3v) is 2.60. The second-order valence-corrected chi connectivity index (χ2v) is 3.71. The molecular weight excluding hydrogens is 234 g/mol. The highest BCUT2D eigenvalue weighted by Gasteiger charge is 2.10. The number of hydrogen-bond donors (Lipinski definition) is 2. The van der Waals surface area contributed by atoms with E-state index in [1.54, 1.807) is 14.2 Å². The molecule has 0 spiro atoms. The van der Waals surface area contributed by atoms with Crippen LogP contribution in [0.5, 0.6) is 11.5 Å². The first-order chi connectivity index (χ1) is 8.65. The summed E-state index contributed by atoms with van der Waals surface area (Å²) in [5.41, 5.74) is 6.49. The predicted molar refractivity (Wildman–Crippen MR) is 66.9 cm³/mol. The highest BCUT2D eigenvalue weighted by Crippen LogP contribution is 2.28. The van der Waals surface area contributed by atoms with Gasteiger partial charge in [-0.15, -0.1) is 10.2 Å². The molecule has 96 valence electrons. The van der Waals surface area contributed by atoms with E-state index in [1.807, 2.05) is 18.2 Å². The molecule has 0 aliphatic rings. The molecule has 1 aromatic heterocycles. The van der Waals surface area contributed by atoms with Gasteiger partial charge in [-0.05, 0) is 17.7 Å². The molecule has 1 heterocycles. The van der Waals surface area contributed by atoms with Gasteiger partial charge in [0.2, 0.25) is 5.95 Å². The van der Waals surface area contributed by atoms with Crippen molar-refractivity contribution < 1.29 is 9.47 Å². The van der Waals surface area contributed by atoms with Crippen LogP contribution in [-0.4, -0.2) is 29.1 Å². The molecule has 0 aliphatic carbocycles. The lowest BCUT2D eigenvalue weighted by molar-refractivity contribution is 0.354. The molecule has 0 atom stereocenters. The number of nitrogens with two attached hydrogens (primary N) is 2. The normalized spacial score (nSPS) is 10.3. The Labute approximate surface area is 104 Å². The molecule has 0 saturated heterocycles. The third kappa shape index (κ3) is 2.15. The van der Waals surface area contributed by atoms with Crippen LogP contribution >= 0.6 is 0 Å². The minimum atomic E-state index is 0.186. The Morgan fingerprint density at radius 2 is 1.89 bits per heavy atom. The number of methoxy groups -OCH3 is 2. The van der Waals surface area contributed by atoms with E-state index < -0.39 is 0 Å². The summed E-state index contributed by atoms with van der Waals surface area (Å²) in [6.45, 7) is 0. The first kappa shape index (κ1) is 12.0. The largest absolute Gasteiger partial charge is 0.493 e. The maximum atomic E-state index is 5.69. The number of rotatable bonds is 4. The predicted octanol–water partition coefficient (Wildman–Crippen LogP) is 0.182. The average molecular weight is 249 g/mol. The molecular formula is C11H15N5O2. The van der Waals surface area contributed by atoms with Crippen molar-refractivity contribution >= 4 is 5.95 Å². The van der Waals surface area contributed by atoms with E-state index in [4.69, 9.17) is 21.1 Å². The lowest BCUT2D eigenvalue weighted by Crippen LogP contribution is -2.15. The molecule has 1 aromatic carbocycles. The summed E-state index contributed by atoms with van der Waals surface area (Å²) in [5.74, 6) is 7.79. The Morgan fingerprint density at radius 3 is 2.44 bits per heavy atom. The molecule has 0 radical (unpaired) electrons. The van der Waals surface area contributed by atoms with E-state index in [9.17, 15) is 0 Å². The standard InChI is InChI=1S/C11H15N5O2/c1-17-8-4-3-7(5-9(8)18-2)6-10-14-15-11(12)16(10)13/h3-5H,6,13H2,1-2H3,(H2,12,15). The van der Waals surface area contributed by atoms with Crippen molar-refractivity contribution in [2.75, 3.05) is 25.8 Å². The van der Waals surface area contributed by atoms with Gasteiger partial charge in [-0.2, -0.15) is 0 Å². The molecule has 4 N–H and O–H groups in total. The Kier molecular flexibility index (Phi) is 3.22. The zero-order valence-electron chi connectivity index (χ0n) is 10.3. The maximum Gasteiger partial charge on any atom is 0.240 e. The van der Waals surface area contributed by atoms with Gasteiger partial charge < -0.3 is 21.1 Å². The number of benzene rings is 1. The van der Waals surface area contributed by atoms with E-state index in [0.29, 0.717) is 23.7 Å². The molecule has 0 unspecified atom stereocenters. The van der Waals surface area contributed by atoms with Crippen LogP contribution in [0.4, 0.5) is 5.95 Å². The van der Waals surface area contributed by atoms with Crippen molar-refractivity contribution in [1.29, 1.82) is 0 Å². The van der Waals surface area contributed by atoms with E-state index in [-0.39, 0.29) is 5.95 Å². The quantitative estimate of drug-likeness (QED) is 0.750. The molecule has 0 bridgehead atoms. The fourth-order valence-corrected chi connectivity index (χ4v) is 1.63. The second kappa shape index (κ2) is 4.82. The SMILES string of the molecule is COc1ccc(Cc2nnc(N)n2N)cc1OC. The Balaban J connectivity index is 2.27. The molecule has 0 aliphatic heterocycles. The lowest BCUT2D eigenvalue weighted by atomic mass is 10.1. The maximum absolute atomic E-state index is 5.69. The van der Waals surface area contributed by atoms with Crippen molar-refractivity contribution in [3.63, 3.8) is 0 Å². The van der Waals surface area contributed by atoms with Crippen molar-refractivity contribution in [2.45, 2.75) is 6.42 Å². The van der Waals surface area contributed by atoms with Crippen LogP contribution in [0.15, 0.2) is 18.2 Å². The van der Waals surface area contributed by atoms with E-state index >= 15 is 0 Å². The van der Waals surface area contributed by atoms with Crippen LogP contribution in [0.1, 0.15) is 11.4 Å². The Bertz CT molecular complexity index is 552. The number of anilines is 1. The number of nitrogen functional groups attached to an aromatic ring is 2. The van der Waals surface area contributed by atoms with Crippen LogP contribution in [0.3, 0.4) is 0 Å². The summed E-state index contributed by atoms with van der Waals surface area (Å²) in [7, 11) is 3.18. The Hall–Kier alpha value is -2.44. The summed E-state index contributed by atoms with van der Waals surface area (Å²) < 4.78 is 11.7. The number of ether oxygens (including phenoxy) is 2. The highest BCUT2D eigenvalue weighted by molar-refractivity contribution is 5.43. The van der Waals surface area contributed by atoms with Gasteiger partial charge in [-0.25, -0.2) is 4.68 Å². The molecule has 18 heavy (non-hydrogen) atoms. The van der Waals surface area contributed by atoms with Gasteiger partial charge in [0.05, 0.1) is 14.2 Å². The van der Waals surface area contributed by atoms with E-state index in [2.05, 4.69) is 10.2 Å². The smallest absolute Gasteiger partial charge is 0.240 e. The number of nitrogens with zero attached hydrogens (tertiary/aromatic N) is 3. The summed E-state index contributed by atoms with van der Waals surface area (Å²) in [6.07, 6.45) is 0.515. The molecule has 0 amide bonds. The van der Waals surface area contributed by atoms with Gasteiger partial charge in [-0.1, -0.05) is 6.07 Å².